The van der Waals surface area contributed by atoms with Crippen molar-refractivity contribution in [2.45, 2.75) is 13.5 Å². The average molecular weight is 302 g/mol. The van der Waals surface area contributed by atoms with E-state index >= 15 is 0 Å². The first-order valence-electron chi connectivity index (χ1n) is 5.45. The number of halogens is 1. The van der Waals surface area contributed by atoms with Crippen LogP contribution < -0.4 is 5.32 Å². The first-order valence-corrected chi connectivity index (χ1v) is 6.24. The van der Waals surface area contributed by atoms with Gasteiger partial charge < -0.3 is 15.2 Å². The highest BCUT2D eigenvalue weighted by atomic mass is 79.9. The van der Waals surface area contributed by atoms with E-state index in [2.05, 4.69) is 21.2 Å². The Morgan fingerprint density at radius 2 is 2.29 bits per heavy atom. The summed E-state index contributed by atoms with van der Waals surface area (Å²) in [6.45, 7) is 4.83. The molecule has 4 nitrogen and oxygen atoms in total. The van der Waals surface area contributed by atoms with Crippen LogP contribution in [-0.4, -0.2) is 30.8 Å². The van der Waals surface area contributed by atoms with Gasteiger partial charge in [0.2, 0.25) is 0 Å². The number of aromatic carboxylic acids is 1. The highest BCUT2D eigenvalue weighted by molar-refractivity contribution is 9.10. The Kier molecular flexibility index (Phi) is 6.18. The maximum Gasteiger partial charge on any atom is 0.335 e. The predicted octanol–water partition coefficient (Wildman–Crippen LogP) is 2.27. The van der Waals surface area contributed by atoms with Crippen molar-refractivity contribution < 1.29 is 14.6 Å². The highest BCUT2D eigenvalue weighted by Gasteiger charge is 2.06. The van der Waals surface area contributed by atoms with Crippen molar-refractivity contribution in [2.75, 3.05) is 19.8 Å². The Hall–Kier alpha value is -0.910. The molecule has 0 saturated carbocycles. The zero-order valence-corrected chi connectivity index (χ0v) is 11.3. The Balaban J connectivity index is 2.46. The molecule has 1 rings (SSSR count). The zero-order valence-electron chi connectivity index (χ0n) is 9.70. The second-order valence-corrected chi connectivity index (χ2v) is 4.34. The van der Waals surface area contributed by atoms with Crippen molar-refractivity contribution in [1.82, 2.24) is 5.32 Å². The number of nitrogens with one attached hydrogen (secondary N) is 1. The number of hydrogen-bond acceptors (Lipinski definition) is 3. The summed E-state index contributed by atoms with van der Waals surface area (Å²) >= 11 is 3.36. The molecule has 94 valence electrons. The highest BCUT2D eigenvalue weighted by Crippen LogP contribution is 2.18. The van der Waals surface area contributed by atoms with Gasteiger partial charge in [0.15, 0.2) is 0 Å². The van der Waals surface area contributed by atoms with Crippen molar-refractivity contribution in [3.63, 3.8) is 0 Å². The third kappa shape index (κ3) is 4.85. The number of carbonyl (C=O) groups is 1. The summed E-state index contributed by atoms with van der Waals surface area (Å²) < 4.78 is 6.01. The largest absolute Gasteiger partial charge is 0.478 e. The van der Waals surface area contributed by atoms with E-state index in [0.29, 0.717) is 13.2 Å². The minimum atomic E-state index is -0.915. The van der Waals surface area contributed by atoms with Gasteiger partial charge in [0.05, 0.1) is 12.2 Å². The first-order chi connectivity index (χ1) is 8.15. The lowest BCUT2D eigenvalue weighted by molar-refractivity contribution is 0.0697. The Labute approximate surface area is 109 Å². The average Bonchev–Trinajstić information content (AvgIpc) is 2.30. The molecule has 0 aromatic heterocycles. The number of benzene rings is 1. The number of hydrogen-bond donors (Lipinski definition) is 2. The molecule has 5 heteroatoms. The third-order valence-corrected chi connectivity index (χ3v) is 2.98. The van der Waals surface area contributed by atoms with E-state index in [1.165, 1.54) is 0 Å². The van der Waals surface area contributed by atoms with Gasteiger partial charge in [0.25, 0.3) is 0 Å². The van der Waals surface area contributed by atoms with Gasteiger partial charge in [-0.15, -0.1) is 0 Å². The number of rotatable bonds is 7. The van der Waals surface area contributed by atoms with E-state index in [0.717, 1.165) is 23.2 Å². The molecule has 0 bridgehead atoms. The molecule has 0 heterocycles. The van der Waals surface area contributed by atoms with E-state index in [1.807, 2.05) is 6.92 Å². The van der Waals surface area contributed by atoms with Gasteiger partial charge in [-0.1, -0.05) is 22.0 Å². The molecule has 0 unspecified atom stereocenters. The van der Waals surface area contributed by atoms with Gasteiger partial charge in [-0.25, -0.2) is 4.79 Å². The molecular weight excluding hydrogens is 286 g/mol. The number of carboxylic acid groups (broad SMARTS) is 1. The molecule has 1 aromatic carbocycles. The fourth-order valence-corrected chi connectivity index (χ4v) is 1.85. The molecule has 0 radical (unpaired) electrons. The van der Waals surface area contributed by atoms with Crippen LogP contribution in [0.2, 0.25) is 0 Å². The van der Waals surface area contributed by atoms with Gasteiger partial charge in [0, 0.05) is 24.2 Å². The molecule has 0 atom stereocenters. The molecule has 0 amide bonds. The molecular formula is C12H16BrNO3. The van der Waals surface area contributed by atoms with Crippen molar-refractivity contribution >= 4 is 21.9 Å². The fraction of sp³-hybridized carbons (Fsp3) is 0.417. The molecule has 2 N–H and O–H groups in total. The van der Waals surface area contributed by atoms with E-state index in [4.69, 9.17) is 9.84 Å². The van der Waals surface area contributed by atoms with Crippen molar-refractivity contribution in [2.24, 2.45) is 0 Å². The summed E-state index contributed by atoms with van der Waals surface area (Å²) in [5.41, 5.74) is 1.32. The molecule has 0 saturated heterocycles. The van der Waals surface area contributed by atoms with E-state index in [1.54, 1.807) is 18.2 Å². The van der Waals surface area contributed by atoms with Crippen LogP contribution in [0.1, 0.15) is 22.8 Å². The maximum absolute atomic E-state index is 10.7. The lowest BCUT2D eigenvalue weighted by Crippen LogP contribution is -2.19. The van der Waals surface area contributed by atoms with Crippen LogP contribution in [0.3, 0.4) is 0 Å². The number of carboxylic acids is 1. The smallest absolute Gasteiger partial charge is 0.335 e. The van der Waals surface area contributed by atoms with Crippen LogP contribution in [-0.2, 0) is 11.3 Å². The standard InChI is InChI=1S/C12H16BrNO3/c1-2-17-6-5-14-8-10-4-3-9(12(15)16)7-11(10)13/h3-4,7,14H,2,5-6,8H2,1H3,(H,15,16). The van der Waals surface area contributed by atoms with Gasteiger partial charge in [-0.05, 0) is 24.6 Å². The zero-order chi connectivity index (χ0) is 12.7. The lowest BCUT2D eigenvalue weighted by atomic mass is 10.1. The Morgan fingerprint density at radius 1 is 1.53 bits per heavy atom. The Bertz CT molecular complexity index is 382. The van der Waals surface area contributed by atoms with Gasteiger partial charge in [-0.3, -0.25) is 0 Å². The van der Waals surface area contributed by atoms with E-state index in [-0.39, 0.29) is 5.56 Å². The molecule has 0 fully saturated rings. The van der Waals surface area contributed by atoms with Crippen LogP contribution in [0.5, 0.6) is 0 Å². The summed E-state index contributed by atoms with van der Waals surface area (Å²) in [6, 6.07) is 5.02. The summed E-state index contributed by atoms with van der Waals surface area (Å²) in [4.78, 5) is 10.7. The van der Waals surface area contributed by atoms with Crippen LogP contribution in [0.4, 0.5) is 0 Å². The van der Waals surface area contributed by atoms with Gasteiger partial charge in [0.1, 0.15) is 0 Å². The first kappa shape index (κ1) is 14.2. The normalized spacial score (nSPS) is 10.5. The van der Waals surface area contributed by atoms with E-state index in [9.17, 15) is 4.79 Å². The Morgan fingerprint density at radius 3 is 2.88 bits per heavy atom. The quantitative estimate of drug-likeness (QED) is 0.759. The molecule has 0 aliphatic heterocycles. The minimum Gasteiger partial charge on any atom is -0.478 e. The summed E-state index contributed by atoms with van der Waals surface area (Å²) in [5, 5.41) is 12.0. The SMILES string of the molecule is CCOCCNCc1ccc(C(=O)O)cc1Br. The van der Waals surface area contributed by atoms with Crippen LogP contribution in [0.25, 0.3) is 0 Å². The molecule has 1 aromatic rings. The molecule has 0 aliphatic carbocycles. The topological polar surface area (TPSA) is 58.6 Å². The van der Waals surface area contributed by atoms with Crippen LogP contribution >= 0.6 is 15.9 Å². The third-order valence-electron chi connectivity index (χ3n) is 2.24. The fourth-order valence-electron chi connectivity index (χ4n) is 1.34. The molecule has 0 spiro atoms. The van der Waals surface area contributed by atoms with Gasteiger partial charge >= 0.3 is 5.97 Å². The molecule has 0 aliphatic rings. The second kappa shape index (κ2) is 7.42. The second-order valence-electron chi connectivity index (χ2n) is 3.49. The van der Waals surface area contributed by atoms with Crippen molar-refractivity contribution in [3.8, 4) is 0 Å². The molecule has 17 heavy (non-hydrogen) atoms. The number of ether oxygens (including phenoxy) is 1. The summed E-state index contributed by atoms with van der Waals surface area (Å²) in [5.74, 6) is -0.915. The van der Waals surface area contributed by atoms with Crippen molar-refractivity contribution in [1.29, 1.82) is 0 Å². The maximum atomic E-state index is 10.7. The summed E-state index contributed by atoms with van der Waals surface area (Å²) in [6.07, 6.45) is 0. The lowest BCUT2D eigenvalue weighted by Gasteiger charge is -2.07. The predicted molar refractivity (Wildman–Crippen MR) is 69.3 cm³/mol. The van der Waals surface area contributed by atoms with Crippen molar-refractivity contribution in [3.05, 3.63) is 33.8 Å². The minimum absolute atomic E-state index is 0.287. The van der Waals surface area contributed by atoms with Crippen LogP contribution in [0, 0.1) is 0 Å². The monoisotopic (exact) mass is 301 g/mol. The summed E-state index contributed by atoms with van der Waals surface area (Å²) in [7, 11) is 0. The van der Waals surface area contributed by atoms with Crippen LogP contribution in [0.15, 0.2) is 22.7 Å². The van der Waals surface area contributed by atoms with Gasteiger partial charge in [-0.2, -0.15) is 0 Å². The van der Waals surface area contributed by atoms with E-state index < -0.39 is 5.97 Å².